The second-order valence-corrected chi connectivity index (χ2v) is 12.9. The van der Waals surface area contributed by atoms with Crippen molar-refractivity contribution in [1.82, 2.24) is 0 Å². The third-order valence-corrected chi connectivity index (χ3v) is 9.30. The van der Waals surface area contributed by atoms with Crippen molar-refractivity contribution in [3.8, 4) is 22.6 Å². The molecule has 0 radical (unpaired) electrons. The van der Waals surface area contributed by atoms with Crippen molar-refractivity contribution in [2.45, 2.75) is 17.9 Å². The zero-order valence-corrected chi connectivity index (χ0v) is 27.8. The molecule has 10 heteroatoms. The molecule has 0 saturated carbocycles. The Morgan fingerprint density at radius 2 is 1.00 bits per heavy atom. The van der Waals surface area contributed by atoms with E-state index in [1.807, 2.05) is 43.3 Å². The average molecular weight is 673 g/mol. The lowest BCUT2D eigenvalue weighted by Gasteiger charge is -2.20. The molecule has 0 saturated heterocycles. The molecule has 252 valence electrons. The third kappa shape index (κ3) is 8.51. The van der Waals surface area contributed by atoms with Gasteiger partial charge in [0.15, 0.2) is 0 Å². The van der Waals surface area contributed by atoms with E-state index in [1.54, 1.807) is 12.1 Å². The normalized spacial score (nSPS) is 16.6. The van der Waals surface area contributed by atoms with Gasteiger partial charge in [0.2, 0.25) is 0 Å². The Bertz CT molecular complexity index is 1810. The summed E-state index contributed by atoms with van der Waals surface area (Å²) in [6.07, 6.45) is -0.852. The van der Waals surface area contributed by atoms with Gasteiger partial charge in [0, 0.05) is 11.1 Å². The first kappa shape index (κ1) is 33.9. The molecule has 5 aromatic rings. The van der Waals surface area contributed by atoms with Crippen LogP contribution in [0.5, 0.6) is 11.5 Å². The van der Waals surface area contributed by atoms with Gasteiger partial charge in [0.05, 0.1) is 57.8 Å². The van der Waals surface area contributed by atoms with E-state index in [4.69, 9.17) is 32.6 Å². The Kier molecular flexibility index (Phi) is 11.6. The number of hydrogen-bond donors (Lipinski definition) is 0. The molecule has 1 heterocycles. The Morgan fingerprint density at radius 1 is 0.542 bits per heavy atom. The van der Waals surface area contributed by atoms with Crippen LogP contribution >= 0.6 is 0 Å². The molecule has 0 atom stereocenters. The van der Waals surface area contributed by atoms with E-state index >= 15 is 0 Å². The fraction of sp³-hybridized carbons (Fsp3) is 0.316. The first-order chi connectivity index (χ1) is 23.5. The molecule has 48 heavy (non-hydrogen) atoms. The predicted octanol–water partition coefficient (Wildman–Crippen LogP) is 6.58. The monoisotopic (exact) mass is 672 g/mol. The molecule has 0 bridgehead atoms. The van der Waals surface area contributed by atoms with Crippen LogP contribution in [-0.2, 0) is 33.2 Å². The number of benzene rings is 5. The molecular formula is C38H40O9S. The lowest BCUT2D eigenvalue weighted by atomic mass is 9.92. The van der Waals surface area contributed by atoms with Crippen molar-refractivity contribution in [1.29, 1.82) is 0 Å². The Labute approximate surface area is 281 Å². The first-order valence-corrected chi connectivity index (χ1v) is 17.5. The molecule has 0 fully saturated rings. The molecule has 1 aliphatic heterocycles. The Morgan fingerprint density at radius 3 is 1.52 bits per heavy atom. The molecule has 0 aliphatic carbocycles. The van der Waals surface area contributed by atoms with Crippen molar-refractivity contribution < 1.29 is 41.0 Å². The topological polar surface area (TPSA) is 98.8 Å². The van der Waals surface area contributed by atoms with E-state index in [9.17, 15) is 8.42 Å². The van der Waals surface area contributed by atoms with Crippen LogP contribution in [0.4, 0.5) is 0 Å². The van der Waals surface area contributed by atoms with Gasteiger partial charge in [-0.25, -0.2) is 0 Å². The van der Waals surface area contributed by atoms with Crippen LogP contribution in [0.25, 0.3) is 32.7 Å². The standard InChI is InChI=1S/C38H40O9S/c1-28-10-14-32(15-11-28)48(39,40)47-31-26-43-20-18-41-22-24-45-35-16-12-29-6-2-4-8-33(29)37(35)38-34-9-5-3-7-30(34)13-17-36(38)46-25-23-42-19-21-44-27-31/h2-17,31H,18-27H2,1H3. The second kappa shape index (κ2) is 16.4. The van der Waals surface area contributed by atoms with Gasteiger partial charge in [-0.1, -0.05) is 78.4 Å². The highest BCUT2D eigenvalue weighted by Gasteiger charge is 2.23. The smallest absolute Gasteiger partial charge is 0.297 e. The van der Waals surface area contributed by atoms with Gasteiger partial charge in [-0.3, -0.25) is 4.18 Å². The van der Waals surface area contributed by atoms with Gasteiger partial charge in [-0.2, -0.15) is 8.42 Å². The summed E-state index contributed by atoms with van der Waals surface area (Å²) in [6.45, 7) is 4.26. The van der Waals surface area contributed by atoms with E-state index in [0.717, 1.165) is 49.7 Å². The van der Waals surface area contributed by atoms with Crippen LogP contribution in [0.1, 0.15) is 5.56 Å². The zero-order valence-electron chi connectivity index (χ0n) is 27.0. The van der Waals surface area contributed by atoms with Crippen LogP contribution in [0, 0.1) is 6.92 Å². The molecule has 1 aliphatic rings. The maximum Gasteiger partial charge on any atom is 0.297 e. The molecule has 6 rings (SSSR count). The average Bonchev–Trinajstić information content (AvgIpc) is 3.10. The van der Waals surface area contributed by atoms with Crippen molar-refractivity contribution in [3.05, 3.63) is 103 Å². The Balaban J connectivity index is 1.20. The predicted molar refractivity (Wildman–Crippen MR) is 184 cm³/mol. The largest absolute Gasteiger partial charge is 0.491 e. The molecule has 0 aromatic heterocycles. The summed E-state index contributed by atoms with van der Waals surface area (Å²) in [5.41, 5.74) is 2.86. The molecule has 0 spiro atoms. The minimum Gasteiger partial charge on any atom is -0.491 e. The molecular weight excluding hydrogens is 632 g/mol. The highest BCUT2D eigenvalue weighted by molar-refractivity contribution is 7.86. The van der Waals surface area contributed by atoms with Gasteiger partial charge in [0.1, 0.15) is 30.8 Å². The molecule has 5 aromatic carbocycles. The van der Waals surface area contributed by atoms with Crippen molar-refractivity contribution in [3.63, 3.8) is 0 Å². The molecule has 9 nitrogen and oxygen atoms in total. The summed E-state index contributed by atoms with van der Waals surface area (Å²) in [5.74, 6) is 1.45. The van der Waals surface area contributed by atoms with Gasteiger partial charge in [-0.05, 0) is 52.7 Å². The van der Waals surface area contributed by atoms with E-state index < -0.39 is 16.2 Å². The summed E-state index contributed by atoms with van der Waals surface area (Å²) < 4.78 is 67.3. The maximum atomic E-state index is 12.9. The fourth-order valence-electron chi connectivity index (χ4n) is 5.59. The van der Waals surface area contributed by atoms with E-state index in [1.165, 1.54) is 12.1 Å². The number of fused-ring (bicyclic) bond motifs is 7. The number of aryl methyl sites for hydroxylation is 1. The van der Waals surface area contributed by atoms with Crippen LogP contribution in [-0.4, -0.2) is 80.6 Å². The molecule has 0 unspecified atom stereocenters. The minimum absolute atomic E-state index is 0.00626. The zero-order chi connectivity index (χ0) is 33.2. The van der Waals surface area contributed by atoms with E-state index in [0.29, 0.717) is 39.6 Å². The molecule has 0 N–H and O–H groups in total. The summed E-state index contributed by atoms with van der Waals surface area (Å²) in [7, 11) is -4.02. The van der Waals surface area contributed by atoms with Crippen LogP contribution < -0.4 is 9.47 Å². The Hall–Kier alpha value is -4.03. The molecule has 0 amide bonds. The van der Waals surface area contributed by atoms with E-state index in [-0.39, 0.29) is 31.3 Å². The second-order valence-electron chi connectivity index (χ2n) is 11.4. The highest BCUT2D eigenvalue weighted by atomic mass is 32.2. The van der Waals surface area contributed by atoms with Crippen molar-refractivity contribution >= 4 is 31.7 Å². The number of hydrogen-bond acceptors (Lipinski definition) is 9. The maximum absolute atomic E-state index is 12.9. The van der Waals surface area contributed by atoms with Gasteiger partial charge >= 0.3 is 0 Å². The summed E-state index contributed by atoms with van der Waals surface area (Å²) >= 11 is 0. The minimum atomic E-state index is -4.02. The van der Waals surface area contributed by atoms with Crippen LogP contribution in [0.2, 0.25) is 0 Å². The SMILES string of the molecule is Cc1ccc(S(=O)(=O)OC2COCCOCCOc3ccc4ccccc4c3-c3c(ccc4ccccc34)OCCOCCOC2)cc1. The lowest BCUT2D eigenvalue weighted by molar-refractivity contribution is -0.0326. The summed E-state index contributed by atoms with van der Waals surface area (Å²) in [6, 6.07) is 31.1. The fourth-order valence-corrected chi connectivity index (χ4v) is 6.64. The quantitative estimate of drug-likeness (QED) is 0.197. The number of rotatable bonds is 3. The highest BCUT2D eigenvalue weighted by Crippen LogP contribution is 2.45. The van der Waals surface area contributed by atoms with Crippen molar-refractivity contribution in [2.75, 3.05) is 66.1 Å². The number of ether oxygens (including phenoxy) is 6. The third-order valence-electron chi connectivity index (χ3n) is 7.93. The van der Waals surface area contributed by atoms with Gasteiger partial charge in [-0.15, -0.1) is 0 Å². The van der Waals surface area contributed by atoms with Crippen molar-refractivity contribution in [2.24, 2.45) is 0 Å². The van der Waals surface area contributed by atoms with E-state index in [2.05, 4.69) is 36.4 Å². The first-order valence-electron chi connectivity index (χ1n) is 16.1. The van der Waals surface area contributed by atoms with Crippen LogP contribution in [0.15, 0.2) is 102 Å². The van der Waals surface area contributed by atoms with Crippen LogP contribution in [0.3, 0.4) is 0 Å². The lowest BCUT2D eigenvalue weighted by Crippen LogP contribution is -2.30. The van der Waals surface area contributed by atoms with Gasteiger partial charge in [0.25, 0.3) is 10.1 Å². The summed E-state index contributed by atoms with van der Waals surface area (Å²) in [4.78, 5) is 0.0752. The van der Waals surface area contributed by atoms with Gasteiger partial charge < -0.3 is 28.4 Å². The summed E-state index contributed by atoms with van der Waals surface area (Å²) in [5, 5.41) is 4.29.